The Balaban J connectivity index is 1.49. The molecule has 1 saturated carbocycles. The summed E-state index contributed by atoms with van der Waals surface area (Å²) in [6.07, 6.45) is 3.20. The minimum absolute atomic E-state index is 0.0285. The Hall–Kier alpha value is -2.11. The van der Waals surface area contributed by atoms with Crippen LogP contribution in [0.3, 0.4) is 0 Å². The SMILES string of the molecule is CCN(CC)C(=O)C1CCC(C(=O)N2CCN(c3ccccc3F)CC2)CC1. The molecular weight excluding hydrogens is 357 g/mol. The second kappa shape index (κ2) is 9.39. The maximum absolute atomic E-state index is 14.0. The predicted molar refractivity (Wildman–Crippen MR) is 109 cm³/mol. The van der Waals surface area contributed by atoms with Gasteiger partial charge in [0, 0.05) is 51.1 Å². The summed E-state index contributed by atoms with van der Waals surface area (Å²) in [6.45, 7) is 8.10. The normalized spacial score (nSPS) is 22.8. The lowest BCUT2D eigenvalue weighted by molar-refractivity contribution is -0.141. The van der Waals surface area contributed by atoms with Crippen LogP contribution in [0.4, 0.5) is 10.1 Å². The molecule has 1 aliphatic heterocycles. The van der Waals surface area contributed by atoms with E-state index in [1.54, 1.807) is 12.1 Å². The Kier molecular flexibility index (Phi) is 6.92. The minimum Gasteiger partial charge on any atom is -0.366 e. The summed E-state index contributed by atoms with van der Waals surface area (Å²) in [7, 11) is 0. The molecule has 6 heteroatoms. The number of anilines is 1. The van der Waals surface area contributed by atoms with Crippen LogP contribution in [-0.4, -0.2) is 60.9 Å². The number of amides is 2. The number of carbonyl (C=O) groups excluding carboxylic acids is 2. The Labute approximate surface area is 167 Å². The lowest BCUT2D eigenvalue weighted by Gasteiger charge is -2.39. The molecule has 28 heavy (non-hydrogen) atoms. The minimum atomic E-state index is -0.210. The topological polar surface area (TPSA) is 43.9 Å². The summed E-state index contributed by atoms with van der Waals surface area (Å²) in [5.74, 6) is 0.345. The van der Waals surface area contributed by atoms with Gasteiger partial charge in [0.15, 0.2) is 0 Å². The summed E-state index contributed by atoms with van der Waals surface area (Å²) in [5.41, 5.74) is 0.616. The maximum atomic E-state index is 14.0. The molecule has 0 aromatic heterocycles. The fourth-order valence-electron chi connectivity index (χ4n) is 4.51. The number of piperazine rings is 1. The third-order valence-corrected chi connectivity index (χ3v) is 6.29. The van der Waals surface area contributed by atoms with Crippen LogP contribution < -0.4 is 4.90 Å². The molecule has 0 unspecified atom stereocenters. The Morgan fingerprint density at radius 2 is 1.54 bits per heavy atom. The van der Waals surface area contributed by atoms with E-state index in [0.717, 1.165) is 38.8 Å². The highest BCUT2D eigenvalue weighted by atomic mass is 19.1. The Morgan fingerprint density at radius 3 is 2.11 bits per heavy atom. The summed E-state index contributed by atoms with van der Waals surface area (Å²) >= 11 is 0. The van der Waals surface area contributed by atoms with Gasteiger partial charge in [0.2, 0.25) is 11.8 Å². The molecule has 1 aromatic rings. The van der Waals surface area contributed by atoms with Crippen molar-refractivity contribution in [2.24, 2.45) is 11.8 Å². The van der Waals surface area contributed by atoms with E-state index in [0.29, 0.717) is 31.9 Å². The largest absolute Gasteiger partial charge is 0.366 e. The standard InChI is InChI=1S/C22H32FN3O2/c1-3-24(4-2)21(27)17-9-11-18(12-10-17)22(28)26-15-13-25(14-16-26)20-8-6-5-7-19(20)23/h5-8,17-18H,3-4,9-16H2,1-2H3. The first-order chi connectivity index (χ1) is 13.5. The van der Waals surface area contributed by atoms with Crippen molar-refractivity contribution in [1.29, 1.82) is 0 Å². The smallest absolute Gasteiger partial charge is 0.225 e. The van der Waals surface area contributed by atoms with E-state index >= 15 is 0 Å². The van der Waals surface area contributed by atoms with Crippen LogP contribution in [0.5, 0.6) is 0 Å². The number of carbonyl (C=O) groups is 2. The van der Waals surface area contributed by atoms with Crippen molar-refractivity contribution in [3.8, 4) is 0 Å². The van der Waals surface area contributed by atoms with E-state index in [-0.39, 0.29) is 29.5 Å². The number of benzene rings is 1. The number of rotatable bonds is 5. The van der Waals surface area contributed by atoms with Gasteiger partial charge in [0.25, 0.3) is 0 Å². The number of nitrogens with zero attached hydrogens (tertiary/aromatic N) is 3. The van der Waals surface area contributed by atoms with Gasteiger partial charge in [0.05, 0.1) is 5.69 Å². The van der Waals surface area contributed by atoms with Crippen LogP contribution in [0, 0.1) is 17.7 Å². The van der Waals surface area contributed by atoms with Crippen LogP contribution in [0.1, 0.15) is 39.5 Å². The van der Waals surface area contributed by atoms with Crippen LogP contribution in [0.2, 0.25) is 0 Å². The zero-order valence-corrected chi connectivity index (χ0v) is 17.1. The zero-order chi connectivity index (χ0) is 20.1. The first kappa shape index (κ1) is 20.6. The first-order valence-electron chi connectivity index (χ1n) is 10.6. The second-order valence-corrected chi connectivity index (χ2v) is 7.82. The van der Waals surface area contributed by atoms with Crippen molar-refractivity contribution in [3.05, 3.63) is 30.1 Å². The molecule has 1 aromatic carbocycles. The van der Waals surface area contributed by atoms with Gasteiger partial charge in [-0.3, -0.25) is 9.59 Å². The summed E-state index contributed by atoms with van der Waals surface area (Å²) in [5, 5.41) is 0. The average molecular weight is 390 g/mol. The highest BCUT2D eigenvalue weighted by Crippen LogP contribution is 2.32. The predicted octanol–water partition coefficient (Wildman–Crippen LogP) is 3.15. The molecule has 0 N–H and O–H groups in total. The highest BCUT2D eigenvalue weighted by Gasteiger charge is 2.34. The van der Waals surface area contributed by atoms with E-state index < -0.39 is 0 Å². The quantitative estimate of drug-likeness (QED) is 0.777. The third kappa shape index (κ3) is 4.47. The first-order valence-corrected chi connectivity index (χ1v) is 10.6. The zero-order valence-electron chi connectivity index (χ0n) is 17.1. The van der Waals surface area contributed by atoms with Crippen molar-refractivity contribution in [1.82, 2.24) is 9.80 Å². The van der Waals surface area contributed by atoms with Crippen molar-refractivity contribution >= 4 is 17.5 Å². The van der Waals surface area contributed by atoms with E-state index in [2.05, 4.69) is 0 Å². The Morgan fingerprint density at radius 1 is 0.964 bits per heavy atom. The molecular formula is C22H32FN3O2. The summed E-state index contributed by atoms with van der Waals surface area (Å²) < 4.78 is 14.0. The van der Waals surface area contributed by atoms with Gasteiger partial charge >= 0.3 is 0 Å². The van der Waals surface area contributed by atoms with Gasteiger partial charge in [-0.2, -0.15) is 0 Å². The molecule has 154 valence electrons. The Bertz CT molecular complexity index is 676. The number of halogens is 1. The van der Waals surface area contributed by atoms with Crippen LogP contribution in [-0.2, 0) is 9.59 Å². The lowest BCUT2D eigenvalue weighted by atomic mass is 9.80. The molecule has 0 bridgehead atoms. The number of hydrogen-bond donors (Lipinski definition) is 0. The maximum Gasteiger partial charge on any atom is 0.225 e. The molecule has 0 radical (unpaired) electrons. The van der Waals surface area contributed by atoms with Gasteiger partial charge in [-0.15, -0.1) is 0 Å². The van der Waals surface area contributed by atoms with Crippen LogP contribution in [0.25, 0.3) is 0 Å². The molecule has 1 aliphatic carbocycles. The fourth-order valence-corrected chi connectivity index (χ4v) is 4.51. The molecule has 0 spiro atoms. The molecule has 0 atom stereocenters. The van der Waals surface area contributed by atoms with Gasteiger partial charge in [-0.1, -0.05) is 12.1 Å². The van der Waals surface area contributed by atoms with E-state index in [1.807, 2.05) is 34.6 Å². The van der Waals surface area contributed by atoms with Gasteiger partial charge in [-0.05, 0) is 51.7 Å². The molecule has 2 aliphatic rings. The summed E-state index contributed by atoms with van der Waals surface area (Å²) in [4.78, 5) is 31.3. The van der Waals surface area contributed by atoms with Crippen LogP contribution in [0.15, 0.2) is 24.3 Å². The number of para-hydroxylation sites is 1. The van der Waals surface area contributed by atoms with E-state index in [1.165, 1.54) is 6.07 Å². The molecule has 1 heterocycles. The third-order valence-electron chi connectivity index (χ3n) is 6.29. The number of hydrogen-bond acceptors (Lipinski definition) is 3. The fraction of sp³-hybridized carbons (Fsp3) is 0.636. The molecule has 2 fully saturated rings. The lowest BCUT2D eigenvalue weighted by Crippen LogP contribution is -2.51. The van der Waals surface area contributed by atoms with Crippen molar-refractivity contribution in [2.75, 3.05) is 44.2 Å². The van der Waals surface area contributed by atoms with Gasteiger partial charge in [-0.25, -0.2) is 4.39 Å². The summed E-state index contributed by atoms with van der Waals surface area (Å²) in [6, 6.07) is 6.81. The van der Waals surface area contributed by atoms with Gasteiger partial charge in [0.1, 0.15) is 5.82 Å². The van der Waals surface area contributed by atoms with E-state index in [4.69, 9.17) is 0 Å². The molecule has 5 nitrogen and oxygen atoms in total. The monoisotopic (exact) mass is 389 g/mol. The highest BCUT2D eigenvalue weighted by molar-refractivity contribution is 5.81. The average Bonchev–Trinajstić information content (AvgIpc) is 2.74. The van der Waals surface area contributed by atoms with E-state index in [9.17, 15) is 14.0 Å². The molecule has 2 amide bonds. The van der Waals surface area contributed by atoms with Crippen molar-refractivity contribution < 1.29 is 14.0 Å². The van der Waals surface area contributed by atoms with Crippen LogP contribution >= 0.6 is 0 Å². The second-order valence-electron chi connectivity index (χ2n) is 7.82. The molecule has 1 saturated heterocycles. The molecule has 3 rings (SSSR count). The van der Waals surface area contributed by atoms with Crippen molar-refractivity contribution in [3.63, 3.8) is 0 Å². The van der Waals surface area contributed by atoms with Gasteiger partial charge < -0.3 is 14.7 Å². The van der Waals surface area contributed by atoms with Crippen molar-refractivity contribution in [2.45, 2.75) is 39.5 Å².